The predicted octanol–water partition coefficient (Wildman–Crippen LogP) is 2.87. The zero-order chi connectivity index (χ0) is 10.1. The van der Waals surface area contributed by atoms with Crippen LogP contribution in [-0.2, 0) is 6.42 Å². The smallest absolute Gasteiger partial charge is 0.0412 e. The van der Waals surface area contributed by atoms with Crippen molar-refractivity contribution >= 4 is 17.7 Å². The van der Waals surface area contributed by atoms with E-state index in [1.165, 1.54) is 16.7 Å². The average molecular weight is 208 g/mol. The lowest BCUT2D eigenvalue weighted by Gasteiger charge is -2.08. The number of halogens is 1. The summed E-state index contributed by atoms with van der Waals surface area (Å²) in [7, 11) is 0. The Morgan fingerprint density at radius 1 is 1.50 bits per heavy atom. The van der Waals surface area contributed by atoms with Crippen LogP contribution in [0.3, 0.4) is 0 Å². The van der Waals surface area contributed by atoms with Gasteiger partial charge in [-0.2, -0.15) is 0 Å². The van der Waals surface area contributed by atoms with E-state index in [-0.39, 0.29) is 0 Å². The average Bonchev–Trinajstić information content (AvgIpc) is 2.59. The van der Waals surface area contributed by atoms with Crippen molar-refractivity contribution in [2.75, 3.05) is 6.54 Å². The predicted molar refractivity (Wildman–Crippen MR) is 61.4 cm³/mol. The maximum absolute atomic E-state index is 5.93. The number of hydrogen-bond acceptors (Lipinski definition) is 1. The largest absolute Gasteiger partial charge is 0.330 e. The second-order valence-electron chi connectivity index (χ2n) is 3.88. The first kappa shape index (κ1) is 9.75. The molecular weight excluding hydrogens is 194 g/mol. The summed E-state index contributed by atoms with van der Waals surface area (Å²) in [5, 5.41) is 0.807. The standard InChI is InChI=1S/C12H14ClN/c1-8(7-14)10-4-9-2-3-12(13)6-11(9)5-10/h2-3,5-6,8H,4,7,14H2,1H3. The number of benzene rings is 1. The fourth-order valence-corrected chi connectivity index (χ4v) is 1.98. The lowest BCUT2D eigenvalue weighted by atomic mass is 10.00. The second kappa shape index (κ2) is 3.76. The lowest BCUT2D eigenvalue weighted by molar-refractivity contribution is 0.684. The van der Waals surface area contributed by atoms with Gasteiger partial charge in [0, 0.05) is 5.02 Å². The van der Waals surface area contributed by atoms with Crippen molar-refractivity contribution in [3.63, 3.8) is 0 Å². The van der Waals surface area contributed by atoms with E-state index in [0.717, 1.165) is 11.4 Å². The number of hydrogen-bond donors (Lipinski definition) is 1. The summed E-state index contributed by atoms with van der Waals surface area (Å²) >= 11 is 5.93. The fraction of sp³-hybridized carbons (Fsp3) is 0.333. The van der Waals surface area contributed by atoms with Crippen LogP contribution in [0.1, 0.15) is 18.1 Å². The van der Waals surface area contributed by atoms with Gasteiger partial charge in [-0.25, -0.2) is 0 Å². The van der Waals surface area contributed by atoms with Crippen LogP contribution in [0.5, 0.6) is 0 Å². The third-order valence-electron chi connectivity index (χ3n) is 2.83. The minimum Gasteiger partial charge on any atom is -0.330 e. The highest BCUT2D eigenvalue weighted by Gasteiger charge is 2.16. The summed E-state index contributed by atoms with van der Waals surface area (Å²) in [6.07, 6.45) is 3.25. The molecule has 1 aromatic carbocycles. The van der Waals surface area contributed by atoms with Gasteiger partial charge in [-0.1, -0.05) is 36.2 Å². The molecule has 0 amide bonds. The molecule has 0 saturated heterocycles. The molecule has 1 unspecified atom stereocenters. The Balaban J connectivity index is 2.30. The molecule has 0 spiro atoms. The maximum atomic E-state index is 5.93. The molecule has 0 saturated carbocycles. The summed E-state index contributed by atoms with van der Waals surface area (Å²) in [6.45, 7) is 2.88. The van der Waals surface area contributed by atoms with Crippen LogP contribution in [0, 0.1) is 5.92 Å². The topological polar surface area (TPSA) is 26.0 Å². The lowest BCUT2D eigenvalue weighted by Crippen LogP contribution is -2.12. The quantitative estimate of drug-likeness (QED) is 0.793. The molecule has 0 aliphatic heterocycles. The second-order valence-corrected chi connectivity index (χ2v) is 4.31. The van der Waals surface area contributed by atoms with Gasteiger partial charge in [0.2, 0.25) is 0 Å². The molecule has 0 aromatic heterocycles. The third kappa shape index (κ3) is 1.70. The minimum absolute atomic E-state index is 0.473. The molecule has 0 radical (unpaired) electrons. The highest BCUT2D eigenvalue weighted by molar-refractivity contribution is 6.30. The maximum Gasteiger partial charge on any atom is 0.0412 e. The summed E-state index contributed by atoms with van der Waals surface area (Å²) in [4.78, 5) is 0. The molecule has 1 atom stereocenters. The van der Waals surface area contributed by atoms with Crippen molar-refractivity contribution in [2.45, 2.75) is 13.3 Å². The van der Waals surface area contributed by atoms with Crippen LogP contribution in [0.2, 0.25) is 5.02 Å². The first-order valence-electron chi connectivity index (χ1n) is 4.89. The van der Waals surface area contributed by atoms with Gasteiger partial charge in [-0.05, 0) is 42.1 Å². The number of nitrogens with two attached hydrogens (primary N) is 1. The van der Waals surface area contributed by atoms with Crippen molar-refractivity contribution in [3.8, 4) is 0 Å². The van der Waals surface area contributed by atoms with Crippen molar-refractivity contribution in [3.05, 3.63) is 39.9 Å². The molecule has 2 N–H and O–H groups in total. The number of fused-ring (bicyclic) bond motifs is 1. The molecule has 0 heterocycles. The van der Waals surface area contributed by atoms with Crippen LogP contribution >= 0.6 is 11.6 Å². The van der Waals surface area contributed by atoms with Crippen LogP contribution in [-0.4, -0.2) is 6.54 Å². The van der Waals surface area contributed by atoms with E-state index < -0.39 is 0 Å². The molecule has 1 aliphatic rings. The van der Waals surface area contributed by atoms with E-state index >= 15 is 0 Å². The van der Waals surface area contributed by atoms with Gasteiger partial charge in [0.05, 0.1) is 0 Å². The van der Waals surface area contributed by atoms with Crippen LogP contribution in [0.25, 0.3) is 6.08 Å². The molecule has 2 heteroatoms. The Hall–Kier alpha value is -0.790. The third-order valence-corrected chi connectivity index (χ3v) is 3.07. The van der Waals surface area contributed by atoms with E-state index in [0.29, 0.717) is 12.5 Å². The van der Waals surface area contributed by atoms with Gasteiger partial charge >= 0.3 is 0 Å². The van der Waals surface area contributed by atoms with E-state index in [2.05, 4.69) is 19.1 Å². The Labute approximate surface area is 89.6 Å². The summed E-state index contributed by atoms with van der Waals surface area (Å²) < 4.78 is 0. The highest BCUT2D eigenvalue weighted by Crippen LogP contribution is 2.30. The van der Waals surface area contributed by atoms with Gasteiger partial charge in [-0.3, -0.25) is 0 Å². The summed E-state index contributed by atoms with van der Waals surface area (Å²) in [5.41, 5.74) is 9.69. The Kier molecular flexibility index (Phi) is 2.62. The monoisotopic (exact) mass is 207 g/mol. The molecule has 14 heavy (non-hydrogen) atoms. The molecule has 1 aliphatic carbocycles. The number of rotatable bonds is 2. The van der Waals surface area contributed by atoms with Gasteiger partial charge < -0.3 is 5.73 Å². The van der Waals surface area contributed by atoms with Crippen LogP contribution in [0.15, 0.2) is 23.8 Å². The van der Waals surface area contributed by atoms with Crippen molar-refractivity contribution in [1.82, 2.24) is 0 Å². The van der Waals surface area contributed by atoms with Crippen LogP contribution in [0.4, 0.5) is 0 Å². The zero-order valence-electron chi connectivity index (χ0n) is 8.26. The molecule has 0 bridgehead atoms. The van der Waals surface area contributed by atoms with Gasteiger partial charge in [0.25, 0.3) is 0 Å². The van der Waals surface area contributed by atoms with E-state index in [4.69, 9.17) is 17.3 Å². The molecule has 0 fully saturated rings. The molecule has 2 rings (SSSR count). The Bertz CT molecular complexity index is 382. The zero-order valence-corrected chi connectivity index (χ0v) is 9.01. The van der Waals surface area contributed by atoms with Gasteiger partial charge in [-0.15, -0.1) is 0 Å². The summed E-state index contributed by atoms with van der Waals surface area (Å²) in [5.74, 6) is 0.473. The van der Waals surface area contributed by atoms with Crippen molar-refractivity contribution in [2.24, 2.45) is 11.7 Å². The van der Waals surface area contributed by atoms with Crippen LogP contribution < -0.4 is 5.73 Å². The highest BCUT2D eigenvalue weighted by atomic mass is 35.5. The van der Waals surface area contributed by atoms with E-state index in [9.17, 15) is 0 Å². The molecule has 1 aromatic rings. The van der Waals surface area contributed by atoms with E-state index in [1.807, 2.05) is 12.1 Å². The first-order chi connectivity index (χ1) is 6.70. The SMILES string of the molecule is CC(CN)C1=Cc2cc(Cl)ccc2C1. The van der Waals surface area contributed by atoms with Crippen molar-refractivity contribution < 1.29 is 0 Å². The van der Waals surface area contributed by atoms with Crippen molar-refractivity contribution in [1.29, 1.82) is 0 Å². The van der Waals surface area contributed by atoms with Gasteiger partial charge in [0.15, 0.2) is 0 Å². The normalized spacial score (nSPS) is 16.4. The minimum atomic E-state index is 0.473. The van der Waals surface area contributed by atoms with Gasteiger partial charge in [0.1, 0.15) is 0 Å². The van der Waals surface area contributed by atoms with E-state index in [1.54, 1.807) is 0 Å². The molecule has 74 valence electrons. The summed E-state index contributed by atoms with van der Waals surface area (Å²) in [6, 6.07) is 6.07. The fourth-order valence-electron chi connectivity index (χ4n) is 1.80. The molecule has 1 nitrogen and oxygen atoms in total. The Morgan fingerprint density at radius 3 is 3.00 bits per heavy atom. The Morgan fingerprint density at radius 2 is 2.29 bits per heavy atom. The molecular formula is C12H14ClN. The first-order valence-corrected chi connectivity index (χ1v) is 5.27.